The smallest absolute Gasteiger partial charge is 0.161 e. The predicted molar refractivity (Wildman–Crippen MR) is 90.6 cm³/mol. The standard InChI is InChI=1S/C15H18N2O3.2ClH/c1-19-14-6-2-3-7-15(14)20-10-9-16-11-12-13(18)5-4-8-17-12;;/h2-8,16,18H,9-11H2,1H3;2*1H. The number of para-hydroxylation sites is 2. The summed E-state index contributed by atoms with van der Waals surface area (Å²) in [6.07, 6.45) is 1.65. The van der Waals surface area contributed by atoms with Gasteiger partial charge in [-0.15, -0.1) is 24.8 Å². The molecule has 0 bridgehead atoms. The van der Waals surface area contributed by atoms with Crippen molar-refractivity contribution < 1.29 is 14.6 Å². The van der Waals surface area contributed by atoms with Crippen molar-refractivity contribution in [2.45, 2.75) is 6.54 Å². The van der Waals surface area contributed by atoms with Gasteiger partial charge in [-0.3, -0.25) is 4.98 Å². The minimum atomic E-state index is 0. The van der Waals surface area contributed by atoms with Gasteiger partial charge in [0.25, 0.3) is 0 Å². The Hall–Kier alpha value is -1.69. The summed E-state index contributed by atoms with van der Waals surface area (Å²) >= 11 is 0. The Morgan fingerprint density at radius 1 is 1.09 bits per heavy atom. The molecule has 2 aromatic rings. The van der Waals surface area contributed by atoms with Crippen LogP contribution in [0.2, 0.25) is 0 Å². The molecule has 2 rings (SSSR count). The number of aromatic nitrogens is 1. The first kappa shape index (κ1) is 20.3. The molecule has 7 heteroatoms. The molecule has 1 aromatic carbocycles. The number of rotatable bonds is 7. The molecule has 0 aliphatic carbocycles. The van der Waals surface area contributed by atoms with E-state index in [0.717, 1.165) is 11.5 Å². The highest BCUT2D eigenvalue weighted by Crippen LogP contribution is 2.25. The van der Waals surface area contributed by atoms with E-state index in [4.69, 9.17) is 9.47 Å². The van der Waals surface area contributed by atoms with Gasteiger partial charge in [0, 0.05) is 19.3 Å². The van der Waals surface area contributed by atoms with Gasteiger partial charge in [0.15, 0.2) is 11.5 Å². The fourth-order valence-electron chi connectivity index (χ4n) is 1.74. The molecule has 1 heterocycles. The number of nitrogens with one attached hydrogen (secondary N) is 1. The van der Waals surface area contributed by atoms with Gasteiger partial charge in [0.05, 0.1) is 12.8 Å². The van der Waals surface area contributed by atoms with Crippen LogP contribution in [-0.4, -0.2) is 30.4 Å². The molecule has 5 nitrogen and oxygen atoms in total. The van der Waals surface area contributed by atoms with Crippen molar-refractivity contribution in [1.82, 2.24) is 10.3 Å². The lowest BCUT2D eigenvalue weighted by molar-refractivity contribution is 0.291. The fraction of sp³-hybridized carbons (Fsp3) is 0.267. The quantitative estimate of drug-likeness (QED) is 0.754. The molecule has 0 unspecified atom stereocenters. The molecule has 2 N–H and O–H groups in total. The number of hydrogen-bond donors (Lipinski definition) is 2. The summed E-state index contributed by atoms with van der Waals surface area (Å²) in [5, 5.41) is 12.7. The van der Waals surface area contributed by atoms with E-state index in [1.807, 2.05) is 24.3 Å². The number of nitrogens with zero attached hydrogens (tertiary/aromatic N) is 1. The lowest BCUT2D eigenvalue weighted by Crippen LogP contribution is -2.21. The van der Waals surface area contributed by atoms with E-state index < -0.39 is 0 Å². The number of methoxy groups -OCH3 is 1. The first-order chi connectivity index (χ1) is 9.81. The zero-order chi connectivity index (χ0) is 14.2. The second-order valence-corrected chi connectivity index (χ2v) is 4.15. The molecule has 0 fully saturated rings. The van der Waals surface area contributed by atoms with E-state index in [9.17, 15) is 5.11 Å². The van der Waals surface area contributed by atoms with E-state index >= 15 is 0 Å². The Morgan fingerprint density at radius 2 is 1.82 bits per heavy atom. The molecule has 0 radical (unpaired) electrons. The Kier molecular flexibility index (Phi) is 10.1. The minimum absolute atomic E-state index is 0. The number of ether oxygens (including phenoxy) is 2. The van der Waals surface area contributed by atoms with Crippen molar-refractivity contribution in [2.75, 3.05) is 20.3 Å². The van der Waals surface area contributed by atoms with Crippen LogP contribution in [0.5, 0.6) is 17.2 Å². The third kappa shape index (κ3) is 5.97. The van der Waals surface area contributed by atoms with Crippen LogP contribution in [0.3, 0.4) is 0 Å². The van der Waals surface area contributed by atoms with Gasteiger partial charge in [-0.1, -0.05) is 12.1 Å². The van der Waals surface area contributed by atoms with Crippen molar-refractivity contribution >= 4 is 24.8 Å². The Labute approximate surface area is 142 Å². The highest BCUT2D eigenvalue weighted by Gasteiger charge is 2.03. The SMILES string of the molecule is COc1ccccc1OCCNCc1ncccc1O.Cl.Cl. The van der Waals surface area contributed by atoms with Crippen molar-refractivity contribution in [3.63, 3.8) is 0 Å². The summed E-state index contributed by atoms with van der Waals surface area (Å²) in [4.78, 5) is 4.09. The van der Waals surface area contributed by atoms with Gasteiger partial charge in [-0.2, -0.15) is 0 Å². The van der Waals surface area contributed by atoms with Crippen LogP contribution < -0.4 is 14.8 Å². The summed E-state index contributed by atoms with van der Waals surface area (Å²) in [7, 11) is 1.62. The minimum Gasteiger partial charge on any atom is -0.506 e. The summed E-state index contributed by atoms with van der Waals surface area (Å²) in [5.41, 5.74) is 0.629. The lowest BCUT2D eigenvalue weighted by atomic mass is 10.3. The lowest BCUT2D eigenvalue weighted by Gasteiger charge is -2.10. The summed E-state index contributed by atoms with van der Waals surface area (Å²) < 4.78 is 10.8. The molecule has 122 valence electrons. The molecule has 0 saturated carbocycles. The molecule has 0 saturated heterocycles. The first-order valence-electron chi connectivity index (χ1n) is 6.40. The molecule has 0 aliphatic rings. The van der Waals surface area contributed by atoms with Crippen LogP contribution in [0.15, 0.2) is 42.6 Å². The number of aromatic hydroxyl groups is 1. The van der Waals surface area contributed by atoms with Crippen LogP contribution in [0.1, 0.15) is 5.69 Å². The summed E-state index contributed by atoms with van der Waals surface area (Å²) in [5.74, 6) is 1.64. The largest absolute Gasteiger partial charge is 0.506 e. The van der Waals surface area contributed by atoms with Crippen LogP contribution >= 0.6 is 24.8 Å². The first-order valence-corrected chi connectivity index (χ1v) is 6.40. The van der Waals surface area contributed by atoms with Gasteiger partial charge >= 0.3 is 0 Å². The maximum absolute atomic E-state index is 9.56. The normalized spacial score (nSPS) is 9.32. The maximum Gasteiger partial charge on any atom is 0.161 e. The zero-order valence-corrected chi connectivity index (χ0v) is 13.8. The molecule has 0 spiro atoms. The summed E-state index contributed by atoms with van der Waals surface area (Å²) in [6.45, 7) is 1.66. The van der Waals surface area contributed by atoms with Crippen LogP contribution in [0.25, 0.3) is 0 Å². The molecule has 1 aromatic heterocycles. The molecule has 22 heavy (non-hydrogen) atoms. The molecule has 0 atom stereocenters. The van der Waals surface area contributed by atoms with Crippen LogP contribution in [0, 0.1) is 0 Å². The second kappa shape index (κ2) is 11.0. The number of pyridine rings is 1. The average molecular weight is 347 g/mol. The second-order valence-electron chi connectivity index (χ2n) is 4.15. The third-order valence-electron chi connectivity index (χ3n) is 2.76. The Bertz CT molecular complexity index is 556. The number of hydrogen-bond acceptors (Lipinski definition) is 5. The Balaban J connectivity index is 0.00000220. The van der Waals surface area contributed by atoms with Crippen LogP contribution in [-0.2, 0) is 6.54 Å². The van der Waals surface area contributed by atoms with Gasteiger partial charge in [-0.05, 0) is 24.3 Å². The maximum atomic E-state index is 9.56. The molecule has 0 aliphatic heterocycles. The van der Waals surface area contributed by atoms with Crippen molar-refractivity contribution in [2.24, 2.45) is 0 Å². The molecular formula is C15H20Cl2N2O3. The van der Waals surface area contributed by atoms with E-state index in [1.165, 1.54) is 0 Å². The summed E-state index contributed by atoms with van der Waals surface area (Å²) in [6, 6.07) is 10.8. The van der Waals surface area contributed by atoms with Crippen molar-refractivity contribution in [3.8, 4) is 17.2 Å². The van der Waals surface area contributed by atoms with Gasteiger partial charge in [0.2, 0.25) is 0 Å². The number of halogens is 2. The van der Waals surface area contributed by atoms with Crippen molar-refractivity contribution in [3.05, 3.63) is 48.3 Å². The third-order valence-corrected chi connectivity index (χ3v) is 2.76. The number of benzene rings is 1. The Morgan fingerprint density at radius 3 is 2.50 bits per heavy atom. The zero-order valence-electron chi connectivity index (χ0n) is 12.2. The van der Waals surface area contributed by atoms with Crippen molar-refractivity contribution in [1.29, 1.82) is 0 Å². The van der Waals surface area contributed by atoms with Gasteiger partial charge < -0.3 is 19.9 Å². The monoisotopic (exact) mass is 346 g/mol. The molecule has 0 amide bonds. The van der Waals surface area contributed by atoms with Gasteiger partial charge in [0.1, 0.15) is 12.4 Å². The average Bonchev–Trinajstić information content (AvgIpc) is 2.49. The topological polar surface area (TPSA) is 63.6 Å². The predicted octanol–water partition coefficient (Wildman–Crippen LogP) is 2.81. The van der Waals surface area contributed by atoms with E-state index in [2.05, 4.69) is 10.3 Å². The van der Waals surface area contributed by atoms with Gasteiger partial charge in [-0.25, -0.2) is 0 Å². The van der Waals surface area contributed by atoms with Crippen LogP contribution in [0.4, 0.5) is 0 Å². The fourth-order valence-corrected chi connectivity index (χ4v) is 1.74. The molecular weight excluding hydrogens is 327 g/mol. The van der Waals surface area contributed by atoms with E-state index in [-0.39, 0.29) is 30.6 Å². The van der Waals surface area contributed by atoms with E-state index in [1.54, 1.807) is 25.4 Å². The highest BCUT2D eigenvalue weighted by molar-refractivity contribution is 5.85. The highest BCUT2D eigenvalue weighted by atomic mass is 35.5. The van der Waals surface area contributed by atoms with E-state index in [0.29, 0.717) is 25.4 Å².